The van der Waals surface area contributed by atoms with Crippen LogP contribution in [0.3, 0.4) is 0 Å². The van der Waals surface area contributed by atoms with Crippen LogP contribution in [0.2, 0.25) is 0 Å². The normalized spacial score (nSPS) is 15.0. The first-order chi connectivity index (χ1) is 12.4. The molecule has 0 heterocycles. The maximum absolute atomic E-state index is 13.1. The summed E-state index contributed by atoms with van der Waals surface area (Å²) in [5.74, 6) is -0.705. The van der Waals surface area contributed by atoms with Gasteiger partial charge >= 0.3 is 0 Å². The molecule has 0 atom stereocenters. The van der Waals surface area contributed by atoms with Gasteiger partial charge in [0, 0.05) is 18.7 Å². The SMILES string of the molecule is CN(c1ccc(F)cc1)S(=O)(=O)c1cccc(C(=O)NC2CCCC2)c1. The Morgan fingerprint density at radius 3 is 2.42 bits per heavy atom. The monoisotopic (exact) mass is 376 g/mol. The van der Waals surface area contributed by atoms with Crippen LogP contribution >= 0.6 is 0 Å². The minimum absolute atomic E-state index is 0.0170. The second kappa shape index (κ2) is 7.45. The molecule has 1 aliphatic carbocycles. The summed E-state index contributed by atoms with van der Waals surface area (Å²) in [6.45, 7) is 0. The zero-order chi connectivity index (χ0) is 18.7. The molecule has 2 aromatic rings. The minimum Gasteiger partial charge on any atom is -0.349 e. The van der Waals surface area contributed by atoms with Gasteiger partial charge in [-0.3, -0.25) is 9.10 Å². The Kier molecular flexibility index (Phi) is 5.27. The zero-order valence-corrected chi connectivity index (χ0v) is 15.3. The Labute approximate surface area is 152 Å². The number of anilines is 1. The molecule has 0 aromatic heterocycles. The standard InChI is InChI=1S/C19H21FN2O3S/c1-22(17-11-9-15(20)10-12-17)26(24,25)18-8-4-5-14(13-18)19(23)21-16-6-2-3-7-16/h4-5,8-13,16H,2-3,6-7H2,1H3,(H,21,23). The molecule has 0 saturated heterocycles. The third-order valence-corrected chi connectivity index (χ3v) is 6.42. The van der Waals surface area contributed by atoms with Gasteiger partial charge in [0.15, 0.2) is 0 Å². The quantitative estimate of drug-likeness (QED) is 0.870. The lowest BCUT2D eigenvalue weighted by Gasteiger charge is -2.20. The number of hydrogen-bond donors (Lipinski definition) is 1. The Bertz CT molecular complexity index is 891. The van der Waals surface area contributed by atoms with Crippen molar-refractivity contribution in [3.05, 3.63) is 59.9 Å². The maximum atomic E-state index is 13.1. The molecule has 2 aromatic carbocycles. The summed E-state index contributed by atoms with van der Waals surface area (Å²) < 4.78 is 39.8. The van der Waals surface area contributed by atoms with E-state index in [4.69, 9.17) is 0 Å². The number of carbonyl (C=O) groups excluding carboxylic acids is 1. The van der Waals surface area contributed by atoms with Crippen LogP contribution in [-0.4, -0.2) is 27.4 Å². The smallest absolute Gasteiger partial charge is 0.264 e. The van der Waals surface area contributed by atoms with Gasteiger partial charge in [-0.15, -0.1) is 0 Å². The average molecular weight is 376 g/mol. The van der Waals surface area contributed by atoms with Crippen LogP contribution in [0.5, 0.6) is 0 Å². The summed E-state index contributed by atoms with van der Waals surface area (Å²) in [7, 11) is -2.46. The molecule has 138 valence electrons. The Morgan fingerprint density at radius 1 is 1.12 bits per heavy atom. The van der Waals surface area contributed by atoms with Gasteiger partial charge in [0.2, 0.25) is 0 Å². The van der Waals surface area contributed by atoms with E-state index in [-0.39, 0.29) is 16.8 Å². The first-order valence-electron chi connectivity index (χ1n) is 8.53. The van der Waals surface area contributed by atoms with Crippen LogP contribution in [0.4, 0.5) is 10.1 Å². The second-order valence-electron chi connectivity index (χ2n) is 6.43. The Hall–Kier alpha value is -2.41. The van der Waals surface area contributed by atoms with Crippen molar-refractivity contribution in [3.8, 4) is 0 Å². The second-order valence-corrected chi connectivity index (χ2v) is 8.40. The van der Waals surface area contributed by atoms with E-state index in [1.807, 2.05) is 0 Å². The lowest BCUT2D eigenvalue weighted by Crippen LogP contribution is -2.33. The molecule has 0 unspecified atom stereocenters. The highest BCUT2D eigenvalue weighted by atomic mass is 32.2. The van der Waals surface area contributed by atoms with E-state index in [9.17, 15) is 17.6 Å². The van der Waals surface area contributed by atoms with Crippen molar-refractivity contribution >= 4 is 21.6 Å². The summed E-state index contributed by atoms with van der Waals surface area (Å²) in [6, 6.07) is 11.3. The van der Waals surface area contributed by atoms with Crippen molar-refractivity contribution in [2.24, 2.45) is 0 Å². The molecule has 0 radical (unpaired) electrons. The van der Waals surface area contributed by atoms with Crippen molar-refractivity contribution in [2.75, 3.05) is 11.4 Å². The lowest BCUT2D eigenvalue weighted by atomic mass is 10.2. The van der Waals surface area contributed by atoms with Gasteiger partial charge in [-0.05, 0) is 55.3 Å². The summed E-state index contributed by atoms with van der Waals surface area (Å²) >= 11 is 0. The Morgan fingerprint density at radius 2 is 1.77 bits per heavy atom. The number of amides is 1. The zero-order valence-electron chi connectivity index (χ0n) is 14.5. The van der Waals surface area contributed by atoms with Gasteiger partial charge in [0.25, 0.3) is 15.9 Å². The third-order valence-electron chi connectivity index (χ3n) is 4.64. The van der Waals surface area contributed by atoms with Crippen LogP contribution in [0.15, 0.2) is 53.4 Å². The van der Waals surface area contributed by atoms with Gasteiger partial charge < -0.3 is 5.32 Å². The van der Waals surface area contributed by atoms with Crippen molar-refractivity contribution in [1.82, 2.24) is 5.32 Å². The molecule has 0 bridgehead atoms. The molecule has 1 fully saturated rings. The fourth-order valence-electron chi connectivity index (χ4n) is 3.08. The summed E-state index contributed by atoms with van der Waals surface area (Å²) in [5.41, 5.74) is 0.651. The fraction of sp³-hybridized carbons (Fsp3) is 0.316. The number of hydrogen-bond acceptors (Lipinski definition) is 3. The molecule has 1 aliphatic rings. The van der Waals surface area contributed by atoms with E-state index in [0.717, 1.165) is 30.0 Å². The van der Waals surface area contributed by atoms with E-state index in [2.05, 4.69) is 5.32 Å². The van der Waals surface area contributed by atoms with Crippen LogP contribution in [0, 0.1) is 5.82 Å². The largest absolute Gasteiger partial charge is 0.349 e. The average Bonchev–Trinajstić information content (AvgIpc) is 3.15. The van der Waals surface area contributed by atoms with Gasteiger partial charge in [-0.25, -0.2) is 12.8 Å². The molecule has 5 nitrogen and oxygen atoms in total. The first kappa shape index (κ1) is 18.4. The van der Waals surface area contributed by atoms with Crippen molar-refractivity contribution < 1.29 is 17.6 Å². The van der Waals surface area contributed by atoms with Crippen molar-refractivity contribution in [2.45, 2.75) is 36.6 Å². The maximum Gasteiger partial charge on any atom is 0.264 e. The van der Waals surface area contributed by atoms with Gasteiger partial charge in [0.05, 0.1) is 10.6 Å². The molecule has 3 rings (SSSR count). The van der Waals surface area contributed by atoms with Gasteiger partial charge in [-0.1, -0.05) is 18.9 Å². The number of halogens is 1. The molecule has 7 heteroatoms. The van der Waals surface area contributed by atoms with E-state index < -0.39 is 15.8 Å². The fourth-order valence-corrected chi connectivity index (χ4v) is 4.33. The summed E-state index contributed by atoms with van der Waals surface area (Å²) in [4.78, 5) is 12.4. The van der Waals surface area contributed by atoms with Crippen molar-refractivity contribution in [3.63, 3.8) is 0 Å². The number of sulfonamides is 1. The molecule has 0 spiro atoms. The summed E-state index contributed by atoms with van der Waals surface area (Å²) in [5, 5.41) is 2.95. The van der Waals surface area contributed by atoms with E-state index >= 15 is 0 Å². The highest BCUT2D eigenvalue weighted by molar-refractivity contribution is 7.92. The van der Waals surface area contributed by atoms with Crippen LogP contribution in [0.25, 0.3) is 0 Å². The molecule has 1 N–H and O–H groups in total. The van der Waals surface area contributed by atoms with Crippen LogP contribution < -0.4 is 9.62 Å². The molecule has 26 heavy (non-hydrogen) atoms. The molecule has 0 aliphatic heterocycles. The number of carbonyl (C=O) groups is 1. The van der Waals surface area contributed by atoms with E-state index in [0.29, 0.717) is 11.3 Å². The molecule has 1 saturated carbocycles. The third kappa shape index (κ3) is 3.88. The van der Waals surface area contributed by atoms with E-state index in [1.54, 1.807) is 12.1 Å². The van der Waals surface area contributed by atoms with Gasteiger partial charge in [-0.2, -0.15) is 0 Å². The predicted octanol–water partition coefficient (Wildman–Crippen LogP) is 3.32. The lowest BCUT2D eigenvalue weighted by molar-refractivity contribution is 0.0937. The number of rotatable bonds is 5. The number of nitrogens with one attached hydrogen (secondary N) is 1. The minimum atomic E-state index is -3.86. The first-order valence-corrected chi connectivity index (χ1v) is 9.97. The molecular formula is C19H21FN2O3S. The predicted molar refractivity (Wildman–Crippen MR) is 98.2 cm³/mol. The summed E-state index contributed by atoms with van der Waals surface area (Å²) in [6.07, 6.45) is 4.11. The molecule has 1 amide bonds. The molecular weight excluding hydrogens is 355 g/mol. The highest BCUT2D eigenvalue weighted by Crippen LogP contribution is 2.23. The highest BCUT2D eigenvalue weighted by Gasteiger charge is 2.23. The van der Waals surface area contributed by atoms with Crippen LogP contribution in [0.1, 0.15) is 36.0 Å². The number of nitrogens with zero attached hydrogens (tertiary/aromatic N) is 1. The Balaban J connectivity index is 1.83. The topological polar surface area (TPSA) is 66.5 Å². The van der Waals surface area contributed by atoms with E-state index in [1.165, 1.54) is 43.4 Å². The van der Waals surface area contributed by atoms with Crippen molar-refractivity contribution in [1.29, 1.82) is 0 Å². The van der Waals surface area contributed by atoms with Crippen LogP contribution in [-0.2, 0) is 10.0 Å². The number of benzene rings is 2. The van der Waals surface area contributed by atoms with Gasteiger partial charge in [0.1, 0.15) is 5.82 Å².